The lowest BCUT2D eigenvalue weighted by molar-refractivity contribution is 0.324. The largest absolute Gasteiger partial charge is 0.493 e. The van der Waals surface area contributed by atoms with Crippen LogP contribution in [0.5, 0.6) is 17.2 Å². The standard InChI is InChI=1S/C12H15ClO3/c1-14-10-7-9(5-4-6-13)8-11(15-2)12(10)16-3/h4-5,7-8H,6H2,1-3H3. The number of ether oxygens (including phenoxy) is 3. The summed E-state index contributed by atoms with van der Waals surface area (Å²) in [5, 5.41) is 0. The summed E-state index contributed by atoms with van der Waals surface area (Å²) in [4.78, 5) is 0. The van der Waals surface area contributed by atoms with Crippen molar-refractivity contribution in [1.82, 2.24) is 0 Å². The lowest BCUT2D eigenvalue weighted by Crippen LogP contribution is -1.95. The van der Waals surface area contributed by atoms with Crippen molar-refractivity contribution in [2.24, 2.45) is 0 Å². The van der Waals surface area contributed by atoms with E-state index in [0.717, 1.165) is 5.56 Å². The second-order valence-electron chi connectivity index (χ2n) is 3.02. The van der Waals surface area contributed by atoms with Crippen LogP contribution in [0.1, 0.15) is 5.56 Å². The van der Waals surface area contributed by atoms with E-state index >= 15 is 0 Å². The van der Waals surface area contributed by atoms with Gasteiger partial charge in [0.2, 0.25) is 5.75 Å². The van der Waals surface area contributed by atoms with E-state index in [9.17, 15) is 0 Å². The Morgan fingerprint density at radius 1 is 1.06 bits per heavy atom. The molecule has 0 fully saturated rings. The zero-order valence-corrected chi connectivity index (χ0v) is 10.4. The van der Waals surface area contributed by atoms with Crippen LogP contribution >= 0.6 is 11.6 Å². The SMILES string of the molecule is COc1cc(C=CCCl)cc(OC)c1OC. The van der Waals surface area contributed by atoms with Gasteiger partial charge in [0, 0.05) is 5.88 Å². The molecule has 4 heteroatoms. The molecule has 0 unspecified atom stereocenters. The topological polar surface area (TPSA) is 27.7 Å². The van der Waals surface area contributed by atoms with Gasteiger partial charge in [-0.15, -0.1) is 11.6 Å². The van der Waals surface area contributed by atoms with Gasteiger partial charge in [-0.3, -0.25) is 0 Å². The fourth-order valence-electron chi connectivity index (χ4n) is 1.38. The number of hydrogen-bond donors (Lipinski definition) is 0. The van der Waals surface area contributed by atoms with Crippen LogP contribution in [0.3, 0.4) is 0 Å². The number of hydrogen-bond acceptors (Lipinski definition) is 3. The lowest BCUT2D eigenvalue weighted by Gasteiger charge is -2.12. The first-order chi connectivity index (χ1) is 7.76. The van der Waals surface area contributed by atoms with E-state index in [0.29, 0.717) is 23.1 Å². The van der Waals surface area contributed by atoms with Gasteiger partial charge in [0.25, 0.3) is 0 Å². The smallest absolute Gasteiger partial charge is 0.203 e. The quantitative estimate of drug-likeness (QED) is 0.743. The average Bonchev–Trinajstić information content (AvgIpc) is 2.34. The van der Waals surface area contributed by atoms with Crippen molar-refractivity contribution in [3.8, 4) is 17.2 Å². The van der Waals surface area contributed by atoms with Crippen molar-refractivity contribution in [3.05, 3.63) is 23.8 Å². The maximum atomic E-state index is 5.58. The van der Waals surface area contributed by atoms with Crippen LogP contribution in [0.25, 0.3) is 6.08 Å². The zero-order chi connectivity index (χ0) is 12.0. The molecule has 88 valence electrons. The molecule has 0 saturated heterocycles. The summed E-state index contributed by atoms with van der Waals surface area (Å²) in [7, 11) is 4.76. The summed E-state index contributed by atoms with van der Waals surface area (Å²) >= 11 is 5.58. The Balaban J connectivity index is 3.20. The van der Waals surface area contributed by atoms with Crippen LogP contribution in [0.15, 0.2) is 18.2 Å². The van der Waals surface area contributed by atoms with E-state index in [-0.39, 0.29) is 0 Å². The molecule has 16 heavy (non-hydrogen) atoms. The van der Waals surface area contributed by atoms with Gasteiger partial charge < -0.3 is 14.2 Å². The molecule has 0 saturated carbocycles. The van der Waals surface area contributed by atoms with Crippen molar-refractivity contribution in [3.63, 3.8) is 0 Å². The second-order valence-corrected chi connectivity index (χ2v) is 3.32. The third kappa shape index (κ3) is 2.83. The Bertz CT molecular complexity index is 350. The fraction of sp³-hybridized carbons (Fsp3) is 0.333. The van der Waals surface area contributed by atoms with Crippen LogP contribution in [-0.2, 0) is 0 Å². The Labute approximate surface area is 101 Å². The predicted molar refractivity (Wildman–Crippen MR) is 65.9 cm³/mol. The maximum Gasteiger partial charge on any atom is 0.203 e. The minimum Gasteiger partial charge on any atom is -0.493 e. The summed E-state index contributed by atoms with van der Waals surface area (Å²) in [5.74, 6) is 2.33. The Kier molecular flexibility index (Phi) is 4.99. The first-order valence-electron chi connectivity index (χ1n) is 4.79. The molecule has 1 rings (SSSR count). The molecule has 0 heterocycles. The summed E-state index contributed by atoms with van der Waals surface area (Å²) < 4.78 is 15.7. The highest BCUT2D eigenvalue weighted by Crippen LogP contribution is 2.38. The molecule has 3 nitrogen and oxygen atoms in total. The van der Waals surface area contributed by atoms with E-state index in [1.165, 1.54) is 0 Å². The van der Waals surface area contributed by atoms with Gasteiger partial charge in [0.15, 0.2) is 11.5 Å². The van der Waals surface area contributed by atoms with Crippen LogP contribution in [0.4, 0.5) is 0 Å². The lowest BCUT2D eigenvalue weighted by atomic mass is 10.1. The van der Waals surface area contributed by atoms with E-state index in [1.807, 2.05) is 24.3 Å². The third-order valence-electron chi connectivity index (χ3n) is 2.09. The van der Waals surface area contributed by atoms with Gasteiger partial charge >= 0.3 is 0 Å². The zero-order valence-electron chi connectivity index (χ0n) is 9.62. The highest BCUT2D eigenvalue weighted by atomic mass is 35.5. The number of alkyl halides is 1. The van der Waals surface area contributed by atoms with Crippen molar-refractivity contribution in [2.45, 2.75) is 0 Å². The van der Waals surface area contributed by atoms with Crippen molar-refractivity contribution >= 4 is 17.7 Å². The first-order valence-corrected chi connectivity index (χ1v) is 5.32. The monoisotopic (exact) mass is 242 g/mol. The Hall–Kier alpha value is -1.35. The molecular formula is C12H15ClO3. The molecule has 0 amide bonds. The van der Waals surface area contributed by atoms with E-state index < -0.39 is 0 Å². The molecule has 0 aliphatic carbocycles. The minimum absolute atomic E-state index is 0.469. The number of rotatable bonds is 5. The highest BCUT2D eigenvalue weighted by molar-refractivity contribution is 6.19. The molecule has 0 bridgehead atoms. The average molecular weight is 243 g/mol. The molecule has 0 atom stereocenters. The molecule has 1 aromatic carbocycles. The number of benzene rings is 1. The maximum absolute atomic E-state index is 5.58. The van der Waals surface area contributed by atoms with Crippen molar-refractivity contribution in [1.29, 1.82) is 0 Å². The Morgan fingerprint density at radius 2 is 1.62 bits per heavy atom. The summed E-state index contributed by atoms with van der Waals surface area (Å²) in [6.07, 6.45) is 3.75. The third-order valence-corrected chi connectivity index (χ3v) is 2.26. The van der Waals surface area contributed by atoms with Gasteiger partial charge in [0.1, 0.15) is 0 Å². The summed E-state index contributed by atoms with van der Waals surface area (Å²) in [6, 6.07) is 3.73. The molecular weight excluding hydrogens is 228 g/mol. The molecule has 0 spiro atoms. The molecule has 0 radical (unpaired) electrons. The van der Waals surface area contributed by atoms with Gasteiger partial charge in [-0.2, -0.15) is 0 Å². The first kappa shape index (κ1) is 12.7. The fourth-order valence-corrected chi connectivity index (χ4v) is 1.47. The highest BCUT2D eigenvalue weighted by Gasteiger charge is 2.11. The van der Waals surface area contributed by atoms with Gasteiger partial charge in [-0.1, -0.05) is 12.2 Å². The molecule has 0 N–H and O–H groups in total. The normalized spacial score (nSPS) is 10.5. The minimum atomic E-state index is 0.469. The van der Waals surface area contributed by atoms with E-state index in [2.05, 4.69) is 0 Å². The molecule has 0 aliphatic rings. The van der Waals surface area contributed by atoms with Crippen LogP contribution < -0.4 is 14.2 Å². The molecule has 1 aromatic rings. The van der Waals surface area contributed by atoms with Crippen molar-refractivity contribution < 1.29 is 14.2 Å². The van der Waals surface area contributed by atoms with Crippen LogP contribution in [-0.4, -0.2) is 27.2 Å². The molecule has 0 aromatic heterocycles. The van der Waals surface area contributed by atoms with Gasteiger partial charge in [-0.25, -0.2) is 0 Å². The predicted octanol–water partition coefficient (Wildman–Crippen LogP) is 2.96. The second kappa shape index (κ2) is 6.28. The van der Waals surface area contributed by atoms with Gasteiger partial charge in [-0.05, 0) is 17.7 Å². The van der Waals surface area contributed by atoms with E-state index in [1.54, 1.807) is 21.3 Å². The Morgan fingerprint density at radius 3 is 2.00 bits per heavy atom. The van der Waals surface area contributed by atoms with Crippen molar-refractivity contribution in [2.75, 3.05) is 27.2 Å². The number of methoxy groups -OCH3 is 3. The number of allylic oxidation sites excluding steroid dienone is 1. The molecule has 0 aliphatic heterocycles. The van der Waals surface area contributed by atoms with Crippen LogP contribution in [0.2, 0.25) is 0 Å². The summed E-state index contributed by atoms with van der Waals surface area (Å²) in [6.45, 7) is 0. The van der Waals surface area contributed by atoms with Gasteiger partial charge in [0.05, 0.1) is 21.3 Å². The van der Waals surface area contributed by atoms with Crippen LogP contribution in [0, 0.1) is 0 Å². The summed E-state index contributed by atoms with van der Waals surface area (Å²) in [5.41, 5.74) is 0.954. The number of halogens is 1. The van der Waals surface area contributed by atoms with E-state index in [4.69, 9.17) is 25.8 Å².